The molecular formula is C8H4N2O6. The standard InChI is InChI=1S/C8H4N2O6/c11-9(12)7-2-1-6(16-7)5-3-4-15-8(5)10(13)14/h1-4H. The van der Waals surface area contributed by atoms with Crippen molar-refractivity contribution < 1.29 is 18.7 Å². The third kappa shape index (κ3) is 1.52. The van der Waals surface area contributed by atoms with E-state index in [-0.39, 0.29) is 11.3 Å². The molecule has 8 nitrogen and oxygen atoms in total. The van der Waals surface area contributed by atoms with Gasteiger partial charge in [-0.25, -0.2) is 0 Å². The number of rotatable bonds is 3. The van der Waals surface area contributed by atoms with Gasteiger partial charge in [0, 0.05) is 0 Å². The van der Waals surface area contributed by atoms with Crippen LogP contribution in [-0.4, -0.2) is 9.85 Å². The minimum atomic E-state index is -0.732. The van der Waals surface area contributed by atoms with E-state index in [1.54, 1.807) is 0 Å². The molecular weight excluding hydrogens is 220 g/mol. The molecule has 0 amide bonds. The van der Waals surface area contributed by atoms with Gasteiger partial charge in [-0.1, -0.05) is 0 Å². The number of hydrogen-bond donors (Lipinski definition) is 0. The lowest BCUT2D eigenvalue weighted by Crippen LogP contribution is -1.87. The fourth-order valence-corrected chi connectivity index (χ4v) is 1.20. The van der Waals surface area contributed by atoms with Crippen molar-refractivity contribution in [3.63, 3.8) is 0 Å². The molecule has 0 aliphatic carbocycles. The lowest BCUT2D eigenvalue weighted by Gasteiger charge is -1.89. The Bertz CT molecular complexity index is 554. The number of nitrogens with zero attached hydrogens (tertiary/aromatic N) is 2. The third-order valence-corrected chi connectivity index (χ3v) is 1.85. The van der Waals surface area contributed by atoms with Crippen LogP contribution in [0.4, 0.5) is 11.8 Å². The molecule has 0 aliphatic heterocycles. The highest BCUT2D eigenvalue weighted by atomic mass is 16.7. The highest BCUT2D eigenvalue weighted by Crippen LogP contribution is 2.33. The van der Waals surface area contributed by atoms with E-state index in [1.165, 1.54) is 12.1 Å². The average Bonchev–Trinajstić information content (AvgIpc) is 2.86. The maximum Gasteiger partial charge on any atom is 0.444 e. The van der Waals surface area contributed by atoms with Crippen LogP contribution in [-0.2, 0) is 0 Å². The van der Waals surface area contributed by atoms with Gasteiger partial charge >= 0.3 is 11.8 Å². The first kappa shape index (κ1) is 9.90. The van der Waals surface area contributed by atoms with Crippen molar-refractivity contribution in [2.24, 2.45) is 0 Å². The van der Waals surface area contributed by atoms with Gasteiger partial charge in [0.15, 0.2) is 5.76 Å². The lowest BCUT2D eigenvalue weighted by molar-refractivity contribution is -0.402. The lowest BCUT2D eigenvalue weighted by atomic mass is 10.2. The number of hydrogen-bond acceptors (Lipinski definition) is 6. The molecule has 0 radical (unpaired) electrons. The van der Waals surface area contributed by atoms with E-state index in [0.29, 0.717) is 0 Å². The summed E-state index contributed by atoms with van der Waals surface area (Å²) in [4.78, 5) is 19.4. The van der Waals surface area contributed by atoms with Gasteiger partial charge in [-0.15, -0.1) is 0 Å². The predicted octanol–water partition coefficient (Wildman–Crippen LogP) is 2.36. The molecule has 0 bridgehead atoms. The Labute approximate surface area is 87.4 Å². The molecule has 82 valence electrons. The summed E-state index contributed by atoms with van der Waals surface area (Å²) < 4.78 is 9.44. The monoisotopic (exact) mass is 224 g/mol. The van der Waals surface area contributed by atoms with Crippen molar-refractivity contribution >= 4 is 11.8 Å². The second kappa shape index (κ2) is 3.50. The van der Waals surface area contributed by atoms with Crippen LogP contribution in [0, 0.1) is 20.2 Å². The van der Waals surface area contributed by atoms with Gasteiger partial charge in [0.1, 0.15) is 15.4 Å². The van der Waals surface area contributed by atoms with Crippen LogP contribution in [0.3, 0.4) is 0 Å². The van der Waals surface area contributed by atoms with Gasteiger partial charge in [0.2, 0.25) is 0 Å². The number of furan rings is 2. The zero-order valence-electron chi connectivity index (χ0n) is 7.65. The zero-order chi connectivity index (χ0) is 11.7. The SMILES string of the molecule is O=[N+]([O-])c1ccc(-c2ccoc2[N+](=O)[O-])o1. The molecule has 2 heterocycles. The van der Waals surface area contributed by atoms with Gasteiger partial charge in [0.25, 0.3) is 0 Å². The first-order valence-corrected chi connectivity index (χ1v) is 4.06. The van der Waals surface area contributed by atoms with Gasteiger partial charge in [-0.3, -0.25) is 20.2 Å². The van der Waals surface area contributed by atoms with Gasteiger partial charge in [-0.2, -0.15) is 0 Å². The Morgan fingerprint density at radius 3 is 2.38 bits per heavy atom. The quantitative estimate of drug-likeness (QED) is 0.584. The van der Waals surface area contributed by atoms with E-state index >= 15 is 0 Å². The smallest absolute Gasteiger partial charge is 0.409 e. The summed E-state index contributed by atoms with van der Waals surface area (Å²) in [5.41, 5.74) is 0.0677. The van der Waals surface area contributed by atoms with Crippen LogP contribution in [0.1, 0.15) is 0 Å². The first-order chi connectivity index (χ1) is 7.59. The molecule has 0 spiro atoms. The molecule has 0 aliphatic rings. The molecule has 0 aromatic carbocycles. The molecule has 0 fully saturated rings. The highest BCUT2D eigenvalue weighted by molar-refractivity contribution is 5.66. The second-order valence-electron chi connectivity index (χ2n) is 2.79. The molecule has 0 N–H and O–H groups in total. The summed E-state index contributed by atoms with van der Waals surface area (Å²) in [7, 11) is 0. The zero-order valence-corrected chi connectivity index (χ0v) is 7.65. The van der Waals surface area contributed by atoms with Crippen molar-refractivity contribution in [2.75, 3.05) is 0 Å². The largest absolute Gasteiger partial charge is 0.444 e. The van der Waals surface area contributed by atoms with E-state index in [0.717, 1.165) is 12.3 Å². The minimum absolute atomic E-state index is 0.0205. The first-order valence-electron chi connectivity index (χ1n) is 4.06. The molecule has 16 heavy (non-hydrogen) atoms. The molecule has 8 heteroatoms. The molecule has 0 atom stereocenters. The van der Waals surface area contributed by atoms with E-state index < -0.39 is 21.6 Å². The summed E-state index contributed by atoms with van der Waals surface area (Å²) in [6.45, 7) is 0. The second-order valence-corrected chi connectivity index (χ2v) is 2.79. The Hall–Kier alpha value is -2.64. The topological polar surface area (TPSA) is 113 Å². The van der Waals surface area contributed by atoms with Crippen molar-refractivity contribution in [1.82, 2.24) is 0 Å². The van der Waals surface area contributed by atoms with Crippen LogP contribution < -0.4 is 0 Å². The van der Waals surface area contributed by atoms with Gasteiger partial charge in [0.05, 0.1) is 12.3 Å². The molecule has 0 unspecified atom stereocenters. The maximum atomic E-state index is 10.5. The molecule has 2 rings (SSSR count). The maximum absolute atomic E-state index is 10.5. The van der Waals surface area contributed by atoms with Crippen molar-refractivity contribution in [3.05, 3.63) is 44.7 Å². The summed E-state index contributed by atoms with van der Waals surface area (Å²) in [6.07, 6.45) is 1.11. The van der Waals surface area contributed by atoms with Crippen molar-refractivity contribution in [1.29, 1.82) is 0 Å². The molecule has 2 aromatic heterocycles. The van der Waals surface area contributed by atoms with Crippen LogP contribution in [0.5, 0.6) is 0 Å². The van der Waals surface area contributed by atoms with Crippen molar-refractivity contribution in [2.45, 2.75) is 0 Å². The highest BCUT2D eigenvalue weighted by Gasteiger charge is 2.24. The molecule has 0 saturated carbocycles. The normalized spacial score (nSPS) is 10.2. The molecule has 2 aromatic rings. The molecule has 0 saturated heterocycles. The van der Waals surface area contributed by atoms with E-state index in [2.05, 4.69) is 4.42 Å². The Morgan fingerprint density at radius 1 is 1.06 bits per heavy atom. The Balaban J connectivity index is 2.46. The fraction of sp³-hybridized carbons (Fsp3) is 0. The Morgan fingerprint density at radius 2 is 1.81 bits per heavy atom. The van der Waals surface area contributed by atoms with Crippen LogP contribution in [0.25, 0.3) is 11.3 Å². The van der Waals surface area contributed by atoms with Crippen LogP contribution in [0.2, 0.25) is 0 Å². The minimum Gasteiger partial charge on any atom is -0.409 e. The number of nitro groups is 2. The third-order valence-electron chi connectivity index (χ3n) is 1.85. The van der Waals surface area contributed by atoms with E-state index in [4.69, 9.17) is 4.42 Å². The fourth-order valence-electron chi connectivity index (χ4n) is 1.20. The van der Waals surface area contributed by atoms with Gasteiger partial charge < -0.3 is 8.83 Å². The predicted molar refractivity (Wildman–Crippen MR) is 49.7 cm³/mol. The Kier molecular flexibility index (Phi) is 2.16. The summed E-state index contributed by atoms with van der Waals surface area (Å²) in [5, 5.41) is 20.9. The summed E-state index contributed by atoms with van der Waals surface area (Å²) >= 11 is 0. The van der Waals surface area contributed by atoms with Crippen LogP contribution >= 0.6 is 0 Å². The summed E-state index contributed by atoms with van der Waals surface area (Å²) in [6, 6.07) is 3.70. The van der Waals surface area contributed by atoms with E-state index in [1.807, 2.05) is 0 Å². The van der Waals surface area contributed by atoms with Crippen LogP contribution in [0.15, 0.2) is 33.3 Å². The summed E-state index contributed by atoms with van der Waals surface area (Å²) in [5.74, 6) is -0.970. The average molecular weight is 224 g/mol. The van der Waals surface area contributed by atoms with E-state index in [9.17, 15) is 20.2 Å². The van der Waals surface area contributed by atoms with Gasteiger partial charge in [-0.05, 0) is 12.1 Å². The van der Waals surface area contributed by atoms with Crippen molar-refractivity contribution in [3.8, 4) is 11.3 Å².